The number of nitrogens with one attached hydrogen (secondary N) is 2. The summed E-state index contributed by atoms with van der Waals surface area (Å²) in [6.45, 7) is 4.24. The van der Waals surface area contributed by atoms with E-state index < -0.39 is 17.8 Å². The number of rotatable bonds is 5. The standard InChI is InChI=1S/C21H20F3N7O2/c1-10(13-8-31(9-13)19(33)11(2)32)29-20-28-5-12(4-25)17(30-20)16-7-27-18-15(16)3-14(6-26-18)21(22,23)24/h3,5-7,10-11,13,32H,8-9H2,1-2H3,(H,26,27)(H,28,29,30)/t10?,11-/m1/s1. The first-order valence-electron chi connectivity index (χ1n) is 10.1. The number of nitrogens with zero attached hydrogens (tertiary/aromatic N) is 5. The number of hydrogen-bond acceptors (Lipinski definition) is 7. The molecule has 3 aromatic rings. The molecule has 1 saturated heterocycles. The fourth-order valence-corrected chi connectivity index (χ4v) is 3.69. The number of aromatic amines is 1. The Morgan fingerprint density at radius 1 is 1.33 bits per heavy atom. The number of fused-ring (bicyclic) bond motifs is 1. The largest absolute Gasteiger partial charge is 0.417 e. The van der Waals surface area contributed by atoms with E-state index in [9.17, 15) is 28.3 Å². The molecule has 0 aliphatic carbocycles. The second kappa shape index (κ2) is 8.32. The molecule has 1 aliphatic heterocycles. The number of carbonyl (C=O) groups excluding carboxylic acids is 1. The number of anilines is 1. The summed E-state index contributed by atoms with van der Waals surface area (Å²) in [5.41, 5.74) is -0.0917. The summed E-state index contributed by atoms with van der Waals surface area (Å²) in [7, 11) is 0. The van der Waals surface area contributed by atoms with Crippen LogP contribution in [0.25, 0.3) is 22.3 Å². The highest BCUT2D eigenvalue weighted by atomic mass is 19.4. The van der Waals surface area contributed by atoms with E-state index in [2.05, 4.69) is 25.3 Å². The van der Waals surface area contributed by atoms with E-state index in [-0.39, 0.29) is 46.1 Å². The van der Waals surface area contributed by atoms with Crippen molar-refractivity contribution in [3.8, 4) is 17.3 Å². The second-order valence-electron chi connectivity index (χ2n) is 8.00. The molecule has 12 heteroatoms. The van der Waals surface area contributed by atoms with Crippen LogP contribution >= 0.6 is 0 Å². The van der Waals surface area contributed by atoms with Gasteiger partial charge in [-0.05, 0) is 19.9 Å². The van der Waals surface area contributed by atoms with Gasteiger partial charge in [0.25, 0.3) is 5.91 Å². The van der Waals surface area contributed by atoms with Crippen molar-refractivity contribution in [2.24, 2.45) is 5.92 Å². The molecule has 0 spiro atoms. The maximum absolute atomic E-state index is 13.2. The van der Waals surface area contributed by atoms with E-state index in [0.717, 1.165) is 12.3 Å². The Kier molecular flexibility index (Phi) is 5.67. The average molecular weight is 459 g/mol. The first-order chi connectivity index (χ1) is 15.6. The third-order valence-corrected chi connectivity index (χ3v) is 5.67. The number of likely N-dealkylation sites (tertiary alicyclic amines) is 1. The summed E-state index contributed by atoms with van der Waals surface area (Å²) < 4.78 is 39.5. The third kappa shape index (κ3) is 4.31. The van der Waals surface area contributed by atoms with Crippen LogP contribution in [0, 0.1) is 17.2 Å². The zero-order chi connectivity index (χ0) is 23.9. The lowest BCUT2D eigenvalue weighted by atomic mass is 9.92. The summed E-state index contributed by atoms with van der Waals surface area (Å²) in [6.07, 6.45) is -2.11. The topological polar surface area (TPSA) is 131 Å². The number of hydrogen-bond donors (Lipinski definition) is 3. The number of aliphatic hydroxyl groups excluding tert-OH is 1. The van der Waals surface area contributed by atoms with Crippen LogP contribution in [-0.2, 0) is 11.0 Å². The Morgan fingerprint density at radius 2 is 2.06 bits per heavy atom. The molecule has 1 fully saturated rings. The molecule has 3 aromatic heterocycles. The summed E-state index contributed by atoms with van der Waals surface area (Å²) in [6, 6.07) is 2.80. The summed E-state index contributed by atoms with van der Waals surface area (Å²) >= 11 is 0. The number of aromatic nitrogens is 4. The minimum Gasteiger partial charge on any atom is -0.384 e. The number of pyridine rings is 1. The maximum Gasteiger partial charge on any atom is 0.417 e. The van der Waals surface area contributed by atoms with Gasteiger partial charge in [-0.1, -0.05) is 0 Å². The molecule has 1 amide bonds. The van der Waals surface area contributed by atoms with Gasteiger partial charge < -0.3 is 20.3 Å². The van der Waals surface area contributed by atoms with Crippen LogP contribution in [0.3, 0.4) is 0 Å². The van der Waals surface area contributed by atoms with Crippen molar-refractivity contribution in [2.45, 2.75) is 32.2 Å². The van der Waals surface area contributed by atoms with E-state index in [4.69, 9.17) is 0 Å². The van der Waals surface area contributed by atoms with Gasteiger partial charge in [0.05, 0.1) is 23.0 Å². The van der Waals surface area contributed by atoms with Crippen LogP contribution in [0.5, 0.6) is 0 Å². The van der Waals surface area contributed by atoms with E-state index in [1.54, 1.807) is 4.90 Å². The van der Waals surface area contributed by atoms with Gasteiger partial charge in [-0.15, -0.1) is 0 Å². The second-order valence-corrected chi connectivity index (χ2v) is 8.00. The minimum absolute atomic E-state index is 0.0991. The first-order valence-corrected chi connectivity index (χ1v) is 10.1. The number of alkyl halides is 3. The Hall–Kier alpha value is -3.72. The minimum atomic E-state index is -4.56. The van der Waals surface area contributed by atoms with Gasteiger partial charge in [0.15, 0.2) is 0 Å². The summed E-state index contributed by atoms with van der Waals surface area (Å²) in [5.74, 6) is -0.0327. The Morgan fingerprint density at radius 3 is 2.70 bits per heavy atom. The van der Waals surface area contributed by atoms with Crippen molar-refractivity contribution in [2.75, 3.05) is 18.4 Å². The van der Waals surface area contributed by atoms with E-state index in [1.165, 1.54) is 19.3 Å². The van der Waals surface area contributed by atoms with E-state index in [0.29, 0.717) is 18.7 Å². The highest BCUT2D eigenvalue weighted by Gasteiger charge is 2.36. The van der Waals surface area contributed by atoms with Gasteiger partial charge >= 0.3 is 6.18 Å². The molecule has 172 valence electrons. The Bertz CT molecular complexity index is 1240. The van der Waals surface area contributed by atoms with Crippen LogP contribution in [-0.4, -0.2) is 61.1 Å². The van der Waals surface area contributed by atoms with Crippen molar-refractivity contribution >= 4 is 22.9 Å². The zero-order valence-electron chi connectivity index (χ0n) is 17.7. The van der Waals surface area contributed by atoms with Gasteiger partial charge in [0.1, 0.15) is 17.8 Å². The van der Waals surface area contributed by atoms with Crippen molar-refractivity contribution in [1.82, 2.24) is 24.8 Å². The molecule has 4 heterocycles. The number of halogens is 3. The molecule has 0 radical (unpaired) electrons. The molecule has 9 nitrogen and oxygen atoms in total. The van der Waals surface area contributed by atoms with Crippen LogP contribution in [0.4, 0.5) is 19.1 Å². The number of H-pyrrole nitrogens is 1. The predicted octanol–water partition coefficient (Wildman–Crippen LogP) is 2.55. The van der Waals surface area contributed by atoms with Crippen molar-refractivity contribution in [1.29, 1.82) is 5.26 Å². The molecule has 0 aromatic carbocycles. The normalized spacial score (nSPS) is 16.2. The van der Waals surface area contributed by atoms with Gasteiger partial charge in [0, 0.05) is 48.4 Å². The molecule has 3 N–H and O–H groups in total. The van der Waals surface area contributed by atoms with Gasteiger partial charge in [-0.3, -0.25) is 4.79 Å². The molecule has 1 aliphatic rings. The number of carbonyl (C=O) groups is 1. The third-order valence-electron chi connectivity index (χ3n) is 5.67. The Balaban J connectivity index is 1.60. The monoisotopic (exact) mass is 459 g/mol. The van der Waals surface area contributed by atoms with Crippen molar-refractivity contribution in [3.63, 3.8) is 0 Å². The van der Waals surface area contributed by atoms with Gasteiger partial charge in [0.2, 0.25) is 5.95 Å². The molecule has 0 saturated carbocycles. The number of aliphatic hydroxyl groups is 1. The fourth-order valence-electron chi connectivity index (χ4n) is 3.69. The fraction of sp³-hybridized carbons (Fsp3) is 0.381. The van der Waals surface area contributed by atoms with E-state index >= 15 is 0 Å². The quantitative estimate of drug-likeness (QED) is 0.534. The van der Waals surface area contributed by atoms with Gasteiger partial charge in [-0.2, -0.15) is 18.4 Å². The SMILES string of the molecule is CC(Nc1ncc(C#N)c(-c2c[nH]c3ncc(C(F)(F)F)cc23)n1)C1CN(C(=O)[C@@H](C)O)C1. The molecule has 4 rings (SSSR count). The zero-order valence-corrected chi connectivity index (χ0v) is 17.7. The van der Waals surface area contributed by atoms with Crippen LogP contribution in [0.15, 0.2) is 24.7 Å². The molecule has 33 heavy (non-hydrogen) atoms. The smallest absolute Gasteiger partial charge is 0.384 e. The lowest BCUT2D eigenvalue weighted by molar-refractivity contribution is -0.146. The van der Waals surface area contributed by atoms with Crippen LogP contribution in [0.2, 0.25) is 0 Å². The number of nitriles is 1. The summed E-state index contributed by atoms with van der Waals surface area (Å²) in [5, 5.41) is 22.2. The van der Waals surface area contributed by atoms with Gasteiger partial charge in [-0.25, -0.2) is 15.0 Å². The molecular weight excluding hydrogens is 439 g/mol. The maximum atomic E-state index is 13.2. The van der Waals surface area contributed by atoms with E-state index in [1.807, 2.05) is 13.0 Å². The average Bonchev–Trinajstić information content (AvgIpc) is 3.15. The predicted molar refractivity (Wildman–Crippen MR) is 112 cm³/mol. The highest BCUT2D eigenvalue weighted by Crippen LogP contribution is 2.35. The highest BCUT2D eigenvalue weighted by molar-refractivity contribution is 5.94. The first kappa shape index (κ1) is 22.5. The summed E-state index contributed by atoms with van der Waals surface area (Å²) in [4.78, 5) is 28.5. The molecule has 1 unspecified atom stereocenters. The van der Waals surface area contributed by atoms with Crippen LogP contribution in [0.1, 0.15) is 25.0 Å². The Labute approximate surface area is 186 Å². The molecular formula is C21H20F3N7O2. The molecule has 0 bridgehead atoms. The lowest BCUT2D eigenvalue weighted by Gasteiger charge is -2.43. The van der Waals surface area contributed by atoms with Crippen molar-refractivity contribution in [3.05, 3.63) is 35.8 Å². The molecule has 2 atom stereocenters. The van der Waals surface area contributed by atoms with Crippen molar-refractivity contribution < 1.29 is 23.1 Å². The lowest BCUT2D eigenvalue weighted by Crippen LogP contribution is -2.57. The number of amides is 1. The van der Waals surface area contributed by atoms with Crippen LogP contribution < -0.4 is 5.32 Å².